The first-order valence-corrected chi connectivity index (χ1v) is 4.62. The Bertz CT molecular complexity index is 399. The maximum atomic E-state index is 13.6. The summed E-state index contributed by atoms with van der Waals surface area (Å²) < 4.78 is 18.6. The van der Waals surface area contributed by atoms with Gasteiger partial charge in [-0.15, -0.1) is 0 Å². The van der Waals surface area contributed by atoms with Gasteiger partial charge in [-0.3, -0.25) is 0 Å². The van der Waals surface area contributed by atoms with E-state index in [-0.39, 0.29) is 16.9 Å². The summed E-state index contributed by atoms with van der Waals surface area (Å²) in [5.41, 5.74) is 0.486. The zero-order chi connectivity index (χ0) is 11.6. The Kier molecular flexibility index (Phi) is 3.29. The minimum atomic E-state index is -1.18. The molecule has 0 bridgehead atoms. The van der Waals surface area contributed by atoms with Crippen molar-refractivity contribution < 1.29 is 19.0 Å². The van der Waals surface area contributed by atoms with Gasteiger partial charge in [0.25, 0.3) is 0 Å². The van der Waals surface area contributed by atoms with E-state index in [0.29, 0.717) is 12.0 Å². The summed E-state index contributed by atoms with van der Waals surface area (Å²) in [6.45, 7) is 3.25. The summed E-state index contributed by atoms with van der Waals surface area (Å²) in [6.07, 6.45) is 0.503. The second-order valence-corrected chi connectivity index (χ2v) is 3.21. The molecule has 0 spiro atoms. The van der Waals surface area contributed by atoms with E-state index in [9.17, 15) is 9.18 Å². The molecule has 0 amide bonds. The number of aromatic carboxylic acids is 1. The number of carboxylic acids is 1. The Labute approximate surface area is 87.5 Å². The van der Waals surface area contributed by atoms with Crippen molar-refractivity contribution in [2.45, 2.75) is 20.3 Å². The van der Waals surface area contributed by atoms with E-state index in [1.807, 2.05) is 0 Å². The summed E-state index contributed by atoms with van der Waals surface area (Å²) in [5, 5.41) is 8.92. The van der Waals surface area contributed by atoms with Crippen LogP contribution in [0.25, 0.3) is 0 Å². The van der Waals surface area contributed by atoms with Crippen molar-refractivity contribution >= 4 is 5.97 Å². The van der Waals surface area contributed by atoms with Crippen LogP contribution < -0.4 is 4.74 Å². The third-order valence-electron chi connectivity index (χ3n) is 2.35. The summed E-state index contributed by atoms with van der Waals surface area (Å²) >= 11 is 0. The Morgan fingerprint density at radius 3 is 2.60 bits per heavy atom. The fourth-order valence-electron chi connectivity index (χ4n) is 1.51. The molecule has 82 valence electrons. The normalized spacial score (nSPS) is 10.1. The van der Waals surface area contributed by atoms with Crippen molar-refractivity contribution in [2.75, 3.05) is 7.11 Å². The van der Waals surface area contributed by atoms with Crippen LogP contribution in [-0.2, 0) is 6.42 Å². The number of hydrogen-bond acceptors (Lipinski definition) is 2. The molecule has 0 heterocycles. The molecule has 0 unspecified atom stereocenters. The third kappa shape index (κ3) is 1.93. The molecule has 0 radical (unpaired) electrons. The lowest BCUT2D eigenvalue weighted by Crippen LogP contribution is -2.07. The molecule has 1 rings (SSSR count). The Balaban J connectivity index is 3.51. The molecule has 0 aliphatic carbocycles. The van der Waals surface area contributed by atoms with E-state index in [1.165, 1.54) is 20.1 Å². The highest BCUT2D eigenvalue weighted by atomic mass is 19.1. The number of hydrogen-bond donors (Lipinski definition) is 1. The number of carboxylic acid groups (broad SMARTS) is 1. The largest absolute Gasteiger partial charge is 0.496 e. The monoisotopic (exact) mass is 212 g/mol. The number of ether oxygens (including phenoxy) is 1. The molecular formula is C11H13FO3. The van der Waals surface area contributed by atoms with E-state index in [1.54, 1.807) is 6.92 Å². The van der Waals surface area contributed by atoms with E-state index in [0.717, 1.165) is 0 Å². The predicted octanol–water partition coefficient (Wildman–Crippen LogP) is 2.40. The first kappa shape index (κ1) is 11.5. The number of methoxy groups -OCH3 is 1. The first-order chi connectivity index (χ1) is 7.02. The molecular weight excluding hydrogens is 199 g/mol. The molecule has 1 N–H and O–H groups in total. The molecule has 15 heavy (non-hydrogen) atoms. The van der Waals surface area contributed by atoms with Gasteiger partial charge in [-0.1, -0.05) is 6.92 Å². The highest BCUT2D eigenvalue weighted by molar-refractivity contribution is 5.92. The lowest BCUT2D eigenvalue weighted by atomic mass is 10.0. The zero-order valence-electron chi connectivity index (χ0n) is 8.93. The SMILES string of the molecule is CCc1cc(OC)c(C(=O)O)c(C)c1F. The van der Waals surface area contributed by atoms with E-state index < -0.39 is 11.8 Å². The fourth-order valence-corrected chi connectivity index (χ4v) is 1.51. The van der Waals surface area contributed by atoms with Crippen molar-refractivity contribution in [1.82, 2.24) is 0 Å². The topological polar surface area (TPSA) is 46.5 Å². The second-order valence-electron chi connectivity index (χ2n) is 3.21. The molecule has 0 saturated carbocycles. The van der Waals surface area contributed by atoms with Gasteiger partial charge in [-0.05, 0) is 25.0 Å². The molecule has 3 nitrogen and oxygen atoms in total. The van der Waals surface area contributed by atoms with Crippen LogP contribution in [0, 0.1) is 12.7 Å². The Morgan fingerprint density at radius 1 is 1.60 bits per heavy atom. The van der Waals surface area contributed by atoms with Crippen molar-refractivity contribution in [2.24, 2.45) is 0 Å². The quantitative estimate of drug-likeness (QED) is 0.836. The molecule has 0 fully saturated rings. The highest BCUT2D eigenvalue weighted by Gasteiger charge is 2.19. The minimum absolute atomic E-state index is 0.104. The zero-order valence-corrected chi connectivity index (χ0v) is 8.93. The second kappa shape index (κ2) is 4.29. The lowest BCUT2D eigenvalue weighted by Gasteiger charge is -2.11. The predicted molar refractivity (Wildman–Crippen MR) is 54.0 cm³/mol. The standard InChI is InChI=1S/C11H13FO3/c1-4-7-5-8(15-3)9(11(13)14)6(2)10(7)12/h5H,4H2,1-3H3,(H,13,14). The van der Waals surface area contributed by atoms with Gasteiger partial charge in [-0.25, -0.2) is 9.18 Å². The van der Waals surface area contributed by atoms with Gasteiger partial charge in [0.05, 0.1) is 7.11 Å². The lowest BCUT2D eigenvalue weighted by molar-refractivity contribution is 0.0692. The Hall–Kier alpha value is -1.58. The molecule has 1 aromatic rings. The van der Waals surface area contributed by atoms with Crippen LogP contribution in [-0.4, -0.2) is 18.2 Å². The van der Waals surface area contributed by atoms with Crippen LogP contribution >= 0.6 is 0 Å². The van der Waals surface area contributed by atoms with Gasteiger partial charge in [-0.2, -0.15) is 0 Å². The molecule has 0 atom stereocenters. The van der Waals surface area contributed by atoms with Crippen molar-refractivity contribution in [3.63, 3.8) is 0 Å². The van der Waals surface area contributed by atoms with Crippen LogP contribution in [0.3, 0.4) is 0 Å². The van der Waals surface area contributed by atoms with Crippen molar-refractivity contribution in [3.8, 4) is 5.75 Å². The van der Waals surface area contributed by atoms with Gasteiger partial charge < -0.3 is 9.84 Å². The number of aryl methyl sites for hydroxylation is 1. The summed E-state index contributed by atoms with van der Waals surface area (Å²) in [7, 11) is 1.37. The molecule has 0 saturated heterocycles. The van der Waals surface area contributed by atoms with Gasteiger partial charge in [0.1, 0.15) is 17.1 Å². The summed E-state index contributed by atoms with van der Waals surface area (Å²) in [6, 6.07) is 1.44. The molecule has 0 aliphatic rings. The third-order valence-corrected chi connectivity index (χ3v) is 2.35. The van der Waals surface area contributed by atoms with Crippen molar-refractivity contribution in [1.29, 1.82) is 0 Å². The van der Waals surface area contributed by atoms with Crippen LogP contribution in [0.15, 0.2) is 6.07 Å². The summed E-state index contributed by atoms with van der Waals surface area (Å²) in [4.78, 5) is 10.9. The number of benzene rings is 1. The average Bonchev–Trinajstić information content (AvgIpc) is 2.20. The minimum Gasteiger partial charge on any atom is -0.496 e. The number of rotatable bonds is 3. The highest BCUT2D eigenvalue weighted by Crippen LogP contribution is 2.27. The van der Waals surface area contributed by atoms with Crippen LogP contribution in [0.1, 0.15) is 28.4 Å². The maximum Gasteiger partial charge on any atom is 0.339 e. The van der Waals surface area contributed by atoms with Crippen molar-refractivity contribution in [3.05, 3.63) is 28.6 Å². The van der Waals surface area contributed by atoms with Crippen LogP contribution in [0.4, 0.5) is 4.39 Å². The van der Waals surface area contributed by atoms with E-state index in [2.05, 4.69) is 0 Å². The maximum absolute atomic E-state index is 13.6. The molecule has 1 aromatic carbocycles. The van der Waals surface area contributed by atoms with Crippen LogP contribution in [0.2, 0.25) is 0 Å². The summed E-state index contributed by atoms with van der Waals surface area (Å²) in [5.74, 6) is -1.43. The number of halogens is 1. The molecule has 0 aromatic heterocycles. The van der Waals surface area contributed by atoms with Gasteiger partial charge >= 0.3 is 5.97 Å². The Morgan fingerprint density at radius 2 is 2.20 bits per heavy atom. The first-order valence-electron chi connectivity index (χ1n) is 4.62. The van der Waals surface area contributed by atoms with Crippen LogP contribution in [0.5, 0.6) is 5.75 Å². The van der Waals surface area contributed by atoms with Gasteiger partial charge in [0, 0.05) is 5.56 Å². The number of carbonyl (C=O) groups is 1. The fraction of sp³-hybridized carbons (Fsp3) is 0.364. The smallest absolute Gasteiger partial charge is 0.339 e. The van der Waals surface area contributed by atoms with Gasteiger partial charge in [0.2, 0.25) is 0 Å². The molecule has 0 aliphatic heterocycles. The average molecular weight is 212 g/mol. The van der Waals surface area contributed by atoms with E-state index >= 15 is 0 Å². The molecule has 4 heteroatoms. The van der Waals surface area contributed by atoms with E-state index in [4.69, 9.17) is 9.84 Å². The van der Waals surface area contributed by atoms with Gasteiger partial charge in [0.15, 0.2) is 0 Å².